The van der Waals surface area contributed by atoms with Crippen LogP contribution in [0.1, 0.15) is 19.8 Å². The molecule has 84 valence electrons. The Bertz CT molecular complexity index is 142. The highest BCUT2D eigenvalue weighted by atomic mass is 16.5. The van der Waals surface area contributed by atoms with E-state index >= 15 is 0 Å². The third kappa shape index (κ3) is 9.28. The van der Waals surface area contributed by atoms with Crippen LogP contribution in [0.3, 0.4) is 0 Å². The second kappa shape index (κ2) is 10.3. The first kappa shape index (κ1) is 13.2. The summed E-state index contributed by atoms with van der Waals surface area (Å²) in [5.74, 6) is 0. The lowest BCUT2D eigenvalue weighted by atomic mass is 10.3. The highest BCUT2D eigenvalue weighted by Gasteiger charge is 1.96. The minimum atomic E-state index is -0.161. The molecule has 5 heteroatoms. The van der Waals surface area contributed by atoms with Crippen LogP contribution < -0.4 is 10.6 Å². The molecule has 5 nitrogen and oxygen atoms in total. The van der Waals surface area contributed by atoms with Crippen LogP contribution in [0.15, 0.2) is 0 Å². The standard InChI is InChI=1S/C9H20N2O3/c1-2-3-4-10-9(13)11-5-7-14-8-6-12/h12H,2-8H2,1H3,(H2,10,11,13). The number of aliphatic hydroxyl groups is 1. The first-order chi connectivity index (χ1) is 6.81. The Morgan fingerprint density at radius 2 is 2.00 bits per heavy atom. The van der Waals surface area contributed by atoms with Crippen molar-refractivity contribution in [3.63, 3.8) is 0 Å². The van der Waals surface area contributed by atoms with Crippen LogP contribution >= 0.6 is 0 Å². The van der Waals surface area contributed by atoms with Crippen molar-refractivity contribution in [1.82, 2.24) is 10.6 Å². The average molecular weight is 204 g/mol. The molecule has 0 aromatic heterocycles. The Morgan fingerprint density at radius 1 is 1.29 bits per heavy atom. The van der Waals surface area contributed by atoms with E-state index in [1.165, 1.54) is 0 Å². The lowest BCUT2D eigenvalue weighted by Gasteiger charge is -2.06. The van der Waals surface area contributed by atoms with E-state index in [4.69, 9.17) is 9.84 Å². The van der Waals surface area contributed by atoms with Crippen molar-refractivity contribution in [1.29, 1.82) is 0 Å². The number of rotatable bonds is 8. The van der Waals surface area contributed by atoms with Crippen molar-refractivity contribution >= 4 is 6.03 Å². The van der Waals surface area contributed by atoms with Gasteiger partial charge in [0.1, 0.15) is 0 Å². The number of ether oxygens (including phenoxy) is 1. The summed E-state index contributed by atoms with van der Waals surface area (Å²) in [6.45, 7) is 4.02. The fraction of sp³-hybridized carbons (Fsp3) is 0.889. The molecule has 0 aromatic carbocycles. The summed E-state index contributed by atoms with van der Waals surface area (Å²) in [6.07, 6.45) is 2.06. The molecule has 0 radical (unpaired) electrons. The molecule has 0 unspecified atom stereocenters. The summed E-state index contributed by atoms with van der Waals surface area (Å²) in [5.41, 5.74) is 0. The zero-order chi connectivity index (χ0) is 10.6. The van der Waals surface area contributed by atoms with E-state index in [-0.39, 0.29) is 12.6 Å². The van der Waals surface area contributed by atoms with Gasteiger partial charge in [-0.2, -0.15) is 0 Å². The molecular weight excluding hydrogens is 184 g/mol. The maximum atomic E-state index is 11.0. The highest BCUT2D eigenvalue weighted by molar-refractivity contribution is 5.73. The number of aliphatic hydroxyl groups excluding tert-OH is 1. The molecule has 0 heterocycles. The Morgan fingerprint density at radius 3 is 2.64 bits per heavy atom. The van der Waals surface area contributed by atoms with Crippen LogP contribution in [-0.2, 0) is 4.74 Å². The Balaban J connectivity index is 3.10. The molecule has 0 saturated carbocycles. The summed E-state index contributed by atoms with van der Waals surface area (Å²) < 4.78 is 4.97. The van der Waals surface area contributed by atoms with Crippen LogP contribution in [0.2, 0.25) is 0 Å². The molecule has 0 aliphatic heterocycles. The minimum absolute atomic E-state index is 0.0166. The van der Waals surface area contributed by atoms with Crippen LogP contribution in [0.4, 0.5) is 4.79 Å². The maximum absolute atomic E-state index is 11.0. The van der Waals surface area contributed by atoms with Gasteiger partial charge in [-0.15, -0.1) is 0 Å². The number of hydrogen-bond donors (Lipinski definition) is 3. The Labute approximate surface area is 84.8 Å². The fourth-order valence-electron chi connectivity index (χ4n) is 0.845. The van der Waals surface area contributed by atoms with Gasteiger partial charge in [0.25, 0.3) is 0 Å². The predicted octanol–water partition coefficient (Wildman–Crippen LogP) is 0.0946. The molecule has 2 amide bonds. The Hall–Kier alpha value is -0.810. The number of carbonyl (C=O) groups excluding carboxylic acids is 1. The van der Waals surface area contributed by atoms with Crippen molar-refractivity contribution < 1.29 is 14.6 Å². The van der Waals surface area contributed by atoms with E-state index in [2.05, 4.69) is 17.6 Å². The van der Waals surface area contributed by atoms with Gasteiger partial charge >= 0.3 is 6.03 Å². The van der Waals surface area contributed by atoms with E-state index in [1.807, 2.05) is 0 Å². The summed E-state index contributed by atoms with van der Waals surface area (Å²) in [6, 6.07) is -0.161. The average Bonchev–Trinajstić information content (AvgIpc) is 2.18. The number of amides is 2. The second-order valence-electron chi connectivity index (χ2n) is 2.87. The number of hydrogen-bond acceptors (Lipinski definition) is 3. The van der Waals surface area contributed by atoms with Gasteiger partial charge in [-0.05, 0) is 6.42 Å². The third-order valence-corrected chi connectivity index (χ3v) is 1.58. The number of nitrogens with one attached hydrogen (secondary N) is 2. The molecule has 14 heavy (non-hydrogen) atoms. The minimum Gasteiger partial charge on any atom is -0.394 e. The quantitative estimate of drug-likeness (QED) is 0.491. The Kier molecular flexibility index (Phi) is 9.68. The van der Waals surface area contributed by atoms with Crippen LogP contribution in [0.25, 0.3) is 0 Å². The van der Waals surface area contributed by atoms with Gasteiger partial charge < -0.3 is 20.5 Å². The lowest BCUT2D eigenvalue weighted by molar-refractivity contribution is 0.0947. The van der Waals surface area contributed by atoms with E-state index in [9.17, 15) is 4.79 Å². The molecule has 0 fully saturated rings. The molecule has 0 aliphatic rings. The lowest BCUT2D eigenvalue weighted by Crippen LogP contribution is -2.37. The molecular formula is C9H20N2O3. The molecule has 0 spiro atoms. The zero-order valence-electron chi connectivity index (χ0n) is 8.71. The van der Waals surface area contributed by atoms with Crippen LogP contribution in [0, 0.1) is 0 Å². The molecule has 0 aliphatic carbocycles. The van der Waals surface area contributed by atoms with Gasteiger partial charge in [0.05, 0.1) is 19.8 Å². The summed E-state index contributed by atoms with van der Waals surface area (Å²) in [7, 11) is 0. The summed E-state index contributed by atoms with van der Waals surface area (Å²) >= 11 is 0. The molecule has 0 saturated heterocycles. The van der Waals surface area contributed by atoms with Crippen molar-refractivity contribution in [3.8, 4) is 0 Å². The maximum Gasteiger partial charge on any atom is 0.314 e. The van der Waals surface area contributed by atoms with Crippen molar-refractivity contribution in [2.45, 2.75) is 19.8 Å². The predicted molar refractivity (Wildman–Crippen MR) is 54.2 cm³/mol. The van der Waals surface area contributed by atoms with Gasteiger partial charge in [-0.3, -0.25) is 0 Å². The van der Waals surface area contributed by atoms with Gasteiger partial charge in [-0.25, -0.2) is 4.79 Å². The zero-order valence-corrected chi connectivity index (χ0v) is 8.71. The van der Waals surface area contributed by atoms with Crippen molar-refractivity contribution in [2.75, 3.05) is 32.9 Å². The van der Waals surface area contributed by atoms with E-state index in [0.29, 0.717) is 26.3 Å². The van der Waals surface area contributed by atoms with Gasteiger partial charge in [0.2, 0.25) is 0 Å². The first-order valence-electron chi connectivity index (χ1n) is 5.01. The van der Waals surface area contributed by atoms with E-state index in [1.54, 1.807) is 0 Å². The van der Waals surface area contributed by atoms with Gasteiger partial charge in [-0.1, -0.05) is 13.3 Å². The monoisotopic (exact) mass is 204 g/mol. The normalized spacial score (nSPS) is 9.86. The molecule has 0 bridgehead atoms. The fourth-order valence-corrected chi connectivity index (χ4v) is 0.845. The highest BCUT2D eigenvalue weighted by Crippen LogP contribution is 1.81. The van der Waals surface area contributed by atoms with E-state index < -0.39 is 0 Å². The third-order valence-electron chi connectivity index (χ3n) is 1.58. The first-order valence-corrected chi connectivity index (χ1v) is 5.01. The molecule has 3 N–H and O–H groups in total. The van der Waals surface area contributed by atoms with Crippen LogP contribution in [-0.4, -0.2) is 44.0 Å². The van der Waals surface area contributed by atoms with Crippen LogP contribution in [0.5, 0.6) is 0 Å². The second-order valence-corrected chi connectivity index (χ2v) is 2.87. The topological polar surface area (TPSA) is 70.6 Å². The summed E-state index contributed by atoms with van der Waals surface area (Å²) in [5, 5.41) is 13.8. The van der Waals surface area contributed by atoms with Gasteiger partial charge in [0, 0.05) is 13.1 Å². The molecule has 0 aromatic rings. The number of unbranched alkanes of at least 4 members (excludes halogenated alkanes) is 1. The van der Waals surface area contributed by atoms with Gasteiger partial charge in [0.15, 0.2) is 0 Å². The van der Waals surface area contributed by atoms with Crippen molar-refractivity contribution in [2.24, 2.45) is 0 Å². The largest absolute Gasteiger partial charge is 0.394 e. The summed E-state index contributed by atoms with van der Waals surface area (Å²) in [4.78, 5) is 11.0. The van der Waals surface area contributed by atoms with E-state index in [0.717, 1.165) is 12.8 Å². The smallest absolute Gasteiger partial charge is 0.314 e. The van der Waals surface area contributed by atoms with Crippen molar-refractivity contribution in [3.05, 3.63) is 0 Å². The number of carbonyl (C=O) groups is 1. The number of urea groups is 1. The molecule has 0 atom stereocenters. The SMILES string of the molecule is CCCCNC(=O)NCCOCCO. The molecule has 0 rings (SSSR count).